The summed E-state index contributed by atoms with van der Waals surface area (Å²) in [6.07, 6.45) is 4.08. The van der Waals surface area contributed by atoms with E-state index >= 15 is 0 Å². The Bertz CT molecular complexity index is 387. The maximum Gasteiger partial charge on any atom is 0.323 e. The number of aromatic nitrogens is 2. The van der Waals surface area contributed by atoms with Crippen LogP contribution in [0.25, 0.3) is 0 Å². The molecule has 17 heavy (non-hydrogen) atoms. The molecule has 0 amide bonds. The lowest BCUT2D eigenvalue weighted by Gasteiger charge is -2.25. The van der Waals surface area contributed by atoms with E-state index in [1.165, 1.54) is 0 Å². The standard InChI is InChI=1S/C12H21N3O2/c1-5-12(4,11(16)17)14-7-10-6-13-8-15(10)9(2)3/h6,8-9,14H,5,7H2,1-4H3,(H,16,17). The molecule has 1 rings (SSSR count). The summed E-state index contributed by atoms with van der Waals surface area (Å²) in [5.74, 6) is -0.824. The molecule has 0 aliphatic heterocycles. The second-order valence-electron chi connectivity index (χ2n) is 4.73. The number of nitrogens with one attached hydrogen (secondary N) is 1. The third-order valence-electron chi connectivity index (χ3n) is 3.14. The van der Waals surface area contributed by atoms with Crippen molar-refractivity contribution >= 4 is 5.97 Å². The van der Waals surface area contributed by atoms with Gasteiger partial charge in [-0.15, -0.1) is 0 Å². The Kier molecular flexibility index (Phi) is 4.28. The molecule has 96 valence electrons. The van der Waals surface area contributed by atoms with Crippen LogP contribution in [-0.4, -0.2) is 26.2 Å². The number of carbonyl (C=O) groups is 1. The van der Waals surface area contributed by atoms with Gasteiger partial charge < -0.3 is 9.67 Å². The molecule has 2 N–H and O–H groups in total. The minimum Gasteiger partial charge on any atom is -0.480 e. The van der Waals surface area contributed by atoms with Gasteiger partial charge in [-0.2, -0.15) is 0 Å². The fourth-order valence-corrected chi connectivity index (χ4v) is 1.57. The number of rotatable bonds is 6. The summed E-state index contributed by atoms with van der Waals surface area (Å²) < 4.78 is 2.03. The average Bonchev–Trinajstić information content (AvgIpc) is 2.73. The highest BCUT2D eigenvalue weighted by molar-refractivity contribution is 5.78. The maximum atomic E-state index is 11.1. The monoisotopic (exact) mass is 239 g/mol. The van der Waals surface area contributed by atoms with Crippen molar-refractivity contribution in [2.75, 3.05) is 0 Å². The Hall–Kier alpha value is -1.36. The van der Waals surface area contributed by atoms with E-state index in [0.717, 1.165) is 5.69 Å². The first-order valence-electron chi connectivity index (χ1n) is 5.90. The van der Waals surface area contributed by atoms with Crippen LogP contribution in [0.3, 0.4) is 0 Å². The summed E-state index contributed by atoms with van der Waals surface area (Å²) in [4.78, 5) is 15.2. The summed E-state index contributed by atoms with van der Waals surface area (Å²) in [6, 6.07) is 0.326. The van der Waals surface area contributed by atoms with Crippen molar-refractivity contribution in [2.24, 2.45) is 0 Å². The zero-order chi connectivity index (χ0) is 13.1. The van der Waals surface area contributed by atoms with Crippen LogP contribution in [0, 0.1) is 0 Å². The van der Waals surface area contributed by atoms with Crippen molar-refractivity contribution in [2.45, 2.75) is 52.2 Å². The smallest absolute Gasteiger partial charge is 0.323 e. The largest absolute Gasteiger partial charge is 0.480 e. The molecule has 1 aromatic heterocycles. The lowest BCUT2D eigenvalue weighted by atomic mass is 9.99. The Morgan fingerprint density at radius 2 is 2.29 bits per heavy atom. The Balaban J connectivity index is 2.73. The van der Waals surface area contributed by atoms with Gasteiger partial charge in [0.1, 0.15) is 5.54 Å². The molecule has 0 spiro atoms. The highest BCUT2D eigenvalue weighted by Gasteiger charge is 2.30. The molecule has 5 heteroatoms. The fourth-order valence-electron chi connectivity index (χ4n) is 1.57. The van der Waals surface area contributed by atoms with Gasteiger partial charge in [0.15, 0.2) is 0 Å². The number of nitrogens with zero attached hydrogens (tertiary/aromatic N) is 2. The first-order chi connectivity index (χ1) is 7.90. The van der Waals surface area contributed by atoms with Crippen LogP contribution >= 0.6 is 0 Å². The molecule has 1 atom stereocenters. The second-order valence-corrected chi connectivity index (χ2v) is 4.73. The fraction of sp³-hybridized carbons (Fsp3) is 0.667. The van der Waals surface area contributed by atoms with Crippen molar-refractivity contribution < 1.29 is 9.90 Å². The predicted octanol–water partition coefficient (Wildman–Crippen LogP) is 1.81. The first kappa shape index (κ1) is 13.7. The van der Waals surface area contributed by atoms with Gasteiger partial charge in [-0.1, -0.05) is 6.92 Å². The normalized spacial score (nSPS) is 14.9. The van der Waals surface area contributed by atoms with Crippen LogP contribution in [-0.2, 0) is 11.3 Å². The zero-order valence-corrected chi connectivity index (χ0v) is 10.9. The molecule has 0 fully saturated rings. The number of imidazole rings is 1. The van der Waals surface area contributed by atoms with Crippen LogP contribution in [0.5, 0.6) is 0 Å². The third-order valence-corrected chi connectivity index (χ3v) is 3.14. The van der Waals surface area contributed by atoms with E-state index in [2.05, 4.69) is 24.1 Å². The molecule has 0 aromatic carbocycles. The molecular formula is C12H21N3O2. The van der Waals surface area contributed by atoms with Gasteiger partial charge in [0, 0.05) is 18.8 Å². The van der Waals surface area contributed by atoms with Gasteiger partial charge in [-0.05, 0) is 27.2 Å². The lowest BCUT2D eigenvalue weighted by Crippen LogP contribution is -2.48. The minimum absolute atomic E-state index is 0.326. The van der Waals surface area contributed by atoms with E-state index in [4.69, 9.17) is 5.11 Å². The topological polar surface area (TPSA) is 67.2 Å². The number of carboxylic acid groups (broad SMARTS) is 1. The molecule has 0 aliphatic carbocycles. The molecule has 0 aliphatic rings. The van der Waals surface area contributed by atoms with Gasteiger partial charge in [0.2, 0.25) is 0 Å². The van der Waals surface area contributed by atoms with Crippen molar-refractivity contribution in [1.29, 1.82) is 0 Å². The minimum atomic E-state index is -0.883. The number of hydrogen-bond donors (Lipinski definition) is 2. The maximum absolute atomic E-state index is 11.1. The SMILES string of the molecule is CCC(C)(NCc1cncn1C(C)C)C(=O)O. The number of aliphatic carboxylic acids is 1. The van der Waals surface area contributed by atoms with Crippen molar-refractivity contribution in [3.63, 3.8) is 0 Å². The van der Waals surface area contributed by atoms with Crippen LogP contribution in [0.4, 0.5) is 0 Å². The zero-order valence-electron chi connectivity index (χ0n) is 10.9. The summed E-state index contributed by atoms with van der Waals surface area (Å²) >= 11 is 0. The number of hydrogen-bond acceptors (Lipinski definition) is 3. The average molecular weight is 239 g/mol. The summed E-state index contributed by atoms with van der Waals surface area (Å²) in [5, 5.41) is 12.2. The summed E-state index contributed by atoms with van der Waals surface area (Å²) in [5.41, 5.74) is 0.118. The van der Waals surface area contributed by atoms with Gasteiger partial charge >= 0.3 is 5.97 Å². The van der Waals surface area contributed by atoms with Crippen molar-refractivity contribution in [3.05, 3.63) is 18.2 Å². The lowest BCUT2D eigenvalue weighted by molar-refractivity contribution is -0.144. The molecule has 0 bridgehead atoms. The molecule has 1 unspecified atom stereocenters. The Morgan fingerprint density at radius 1 is 1.65 bits per heavy atom. The molecule has 0 saturated carbocycles. The van der Waals surface area contributed by atoms with Crippen LogP contribution < -0.4 is 5.32 Å². The van der Waals surface area contributed by atoms with Gasteiger partial charge in [-0.3, -0.25) is 10.1 Å². The van der Waals surface area contributed by atoms with E-state index < -0.39 is 11.5 Å². The molecule has 5 nitrogen and oxygen atoms in total. The van der Waals surface area contributed by atoms with Crippen LogP contribution in [0.1, 0.15) is 45.9 Å². The van der Waals surface area contributed by atoms with E-state index in [9.17, 15) is 4.79 Å². The Morgan fingerprint density at radius 3 is 2.76 bits per heavy atom. The van der Waals surface area contributed by atoms with E-state index in [1.54, 1.807) is 19.4 Å². The Labute approximate surface area is 102 Å². The second kappa shape index (κ2) is 5.31. The molecule has 0 saturated heterocycles. The van der Waals surface area contributed by atoms with Crippen LogP contribution in [0.2, 0.25) is 0 Å². The van der Waals surface area contributed by atoms with Crippen LogP contribution in [0.15, 0.2) is 12.5 Å². The third kappa shape index (κ3) is 3.06. The van der Waals surface area contributed by atoms with E-state index in [1.807, 2.05) is 11.5 Å². The molecule has 1 aromatic rings. The highest BCUT2D eigenvalue weighted by atomic mass is 16.4. The van der Waals surface area contributed by atoms with Gasteiger partial charge in [0.25, 0.3) is 0 Å². The van der Waals surface area contributed by atoms with Crippen molar-refractivity contribution in [1.82, 2.24) is 14.9 Å². The van der Waals surface area contributed by atoms with Crippen molar-refractivity contribution in [3.8, 4) is 0 Å². The van der Waals surface area contributed by atoms with E-state index in [-0.39, 0.29) is 0 Å². The number of carboxylic acids is 1. The highest BCUT2D eigenvalue weighted by Crippen LogP contribution is 2.13. The van der Waals surface area contributed by atoms with Gasteiger partial charge in [0.05, 0.1) is 12.0 Å². The molecular weight excluding hydrogens is 218 g/mol. The van der Waals surface area contributed by atoms with E-state index in [0.29, 0.717) is 19.0 Å². The van der Waals surface area contributed by atoms with Gasteiger partial charge in [-0.25, -0.2) is 4.98 Å². The summed E-state index contributed by atoms with van der Waals surface area (Å²) in [6.45, 7) is 8.21. The first-order valence-corrected chi connectivity index (χ1v) is 5.90. The summed E-state index contributed by atoms with van der Waals surface area (Å²) in [7, 11) is 0. The molecule has 0 radical (unpaired) electrons. The molecule has 1 heterocycles. The predicted molar refractivity (Wildman–Crippen MR) is 65.8 cm³/mol. The quantitative estimate of drug-likeness (QED) is 0.794.